The van der Waals surface area contributed by atoms with Gasteiger partial charge in [0.05, 0.1) is 0 Å². The number of hydrogen-bond acceptors (Lipinski definition) is 1. The Balaban J connectivity index is 2.41. The summed E-state index contributed by atoms with van der Waals surface area (Å²) in [6.07, 6.45) is 0. The molecule has 0 atom stereocenters. The fraction of sp³-hybridized carbons (Fsp3) is 0.294. The van der Waals surface area contributed by atoms with Crippen LogP contribution in [0.3, 0.4) is 0 Å². The Labute approximate surface area is 108 Å². The van der Waals surface area contributed by atoms with Crippen LogP contribution in [0.4, 0.5) is 0 Å². The third kappa shape index (κ3) is 1.25. The fourth-order valence-corrected chi connectivity index (χ4v) is 3.02. The molecule has 1 aliphatic rings. The fourth-order valence-electron chi connectivity index (χ4n) is 3.02. The summed E-state index contributed by atoms with van der Waals surface area (Å²) < 4.78 is 0. The van der Waals surface area contributed by atoms with Crippen molar-refractivity contribution in [1.82, 2.24) is 0 Å². The molecule has 0 amide bonds. The van der Waals surface area contributed by atoms with E-state index in [1.807, 2.05) is 36.4 Å². The van der Waals surface area contributed by atoms with Crippen LogP contribution >= 0.6 is 0 Å². The molecule has 2 aromatic carbocycles. The van der Waals surface area contributed by atoms with E-state index in [0.29, 0.717) is 0 Å². The molecule has 1 N–H and O–H groups in total. The van der Waals surface area contributed by atoms with Gasteiger partial charge in [0.1, 0.15) is 5.60 Å². The first kappa shape index (κ1) is 11.5. The monoisotopic (exact) mass is 238 g/mol. The largest absolute Gasteiger partial charge is 0.380 e. The Bertz CT molecular complexity index is 560. The standard InChI is InChI=1S/C17H18O/c1-16(2,3)17(18)14-10-6-4-8-12(14)13-9-5-7-11-15(13)17/h4-11,18H,1-3H3. The molecule has 3 rings (SSSR count). The van der Waals surface area contributed by atoms with Gasteiger partial charge in [-0.05, 0) is 27.7 Å². The lowest BCUT2D eigenvalue weighted by Crippen LogP contribution is -2.39. The molecule has 0 aromatic heterocycles. The first-order valence-electron chi connectivity index (χ1n) is 6.38. The van der Waals surface area contributed by atoms with E-state index in [1.165, 1.54) is 0 Å². The summed E-state index contributed by atoms with van der Waals surface area (Å²) in [5, 5.41) is 11.3. The van der Waals surface area contributed by atoms with E-state index in [-0.39, 0.29) is 5.41 Å². The van der Waals surface area contributed by atoms with E-state index in [9.17, 15) is 5.11 Å². The second kappa shape index (κ2) is 3.46. The van der Waals surface area contributed by atoms with E-state index < -0.39 is 5.60 Å². The van der Waals surface area contributed by atoms with Crippen LogP contribution in [0.5, 0.6) is 0 Å². The molecule has 18 heavy (non-hydrogen) atoms. The van der Waals surface area contributed by atoms with Crippen LogP contribution in [0.25, 0.3) is 11.1 Å². The van der Waals surface area contributed by atoms with Crippen molar-refractivity contribution in [3.63, 3.8) is 0 Å². The lowest BCUT2D eigenvalue weighted by molar-refractivity contribution is -0.0219. The highest BCUT2D eigenvalue weighted by Gasteiger charge is 2.49. The molecular formula is C17H18O. The third-order valence-electron chi connectivity index (χ3n) is 4.01. The quantitative estimate of drug-likeness (QED) is 0.736. The molecule has 0 radical (unpaired) electrons. The van der Waals surface area contributed by atoms with Gasteiger partial charge in [-0.15, -0.1) is 0 Å². The van der Waals surface area contributed by atoms with Gasteiger partial charge in [0.15, 0.2) is 0 Å². The molecule has 0 unspecified atom stereocenters. The SMILES string of the molecule is CC(C)(C)C1(O)c2ccccc2-c2ccccc21. The maximum atomic E-state index is 11.3. The summed E-state index contributed by atoms with van der Waals surface area (Å²) in [5.41, 5.74) is 3.23. The third-order valence-corrected chi connectivity index (χ3v) is 4.01. The van der Waals surface area contributed by atoms with Gasteiger partial charge in [-0.3, -0.25) is 0 Å². The van der Waals surface area contributed by atoms with Crippen LogP contribution in [0.1, 0.15) is 31.9 Å². The molecule has 0 bridgehead atoms. The van der Waals surface area contributed by atoms with Gasteiger partial charge >= 0.3 is 0 Å². The van der Waals surface area contributed by atoms with Crippen molar-refractivity contribution < 1.29 is 5.11 Å². The zero-order valence-corrected chi connectivity index (χ0v) is 11.1. The predicted octanol–water partition coefficient (Wildman–Crippen LogP) is 3.95. The minimum absolute atomic E-state index is 0.240. The molecule has 1 nitrogen and oxygen atoms in total. The van der Waals surface area contributed by atoms with Gasteiger partial charge in [0, 0.05) is 0 Å². The summed E-state index contributed by atoms with van der Waals surface area (Å²) in [5.74, 6) is 0. The van der Waals surface area contributed by atoms with E-state index >= 15 is 0 Å². The zero-order valence-electron chi connectivity index (χ0n) is 11.1. The normalized spacial score (nSPS) is 16.2. The first-order chi connectivity index (χ1) is 8.46. The Morgan fingerprint density at radius 1 is 0.778 bits per heavy atom. The molecular weight excluding hydrogens is 220 g/mol. The molecule has 0 saturated heterocycles. The minimum atomic E-state index is -0.903. The molecule has 0 spiro atoms. The van der Waals surface area contributed by atoms with E-state index in [0.717, 1.165) is 22.3 Å². The average Bonchev–Trinajstić information content (AvgIpc) is 2.62. The Hall–Kier alpha value is -1.60. The molecule has 0 saturated carbocycles. The Kier molecular flexibility index (Phi) is 2.21. The zero-order chi connectivity index (χ0) is 13.0. The highest BCUT2D eigenvalue weighted by molar-refractivity contribution is 5.80. The second-order valence-electron chi connectivity index (χ2n) is 6.05. The molecule has 92 valence electrons. The van der Waals surface area contributed by atoms with E-state index in [4.69, 9.17) is 0 Å². The van der Waals surface area contributed by atoms with Gasteiger partial charge in [0.2, 0.25) is 0 Å². The van der Waals surface area contributed by atoms with Crippen LogP contribution < -0.4 is 0 Å². The van der Waals surface area contributed by atoms with Gasteiger partial charge in [-0.1, -0.05) is 69.3 Å². The highest BCUT2D eigenvalue weighted by atomic mass is 16.3. The van der Waals surface area contributed by atoms with Crippen molar-refractivity contribution in [2.24, 2.45) is 5.41 Å². The van der Waals surface area contributed by atoms with E-state index in [1.54, 1.807) is 0 Å². The van der Waals surface area contributed by atoms with Gasteiger partial charge < -0.3 is 5.11 Å². The molecule has 2 aromatic rings. The number of benzene rings is 2. The molecule has 1 heteroatoms. The van der Waals surface area contributed by atoms with Crippen molar-refractivity contribution in [2.45, 2.75) is 26.4 Å². The van der Waals surface area contributed by atoms with Crippen molar-refractivity contribution >= 4 is 0 Å². The van der Waals surface area contributed by atoms with E-state index in [2.05, 4.69) is 32.9 Å². The minimum Gasteiger partial charge on any atom is -0.380 e. The topological polar surface area (TPSA) is 20.2 Å². The van der Waals surface area contributed by atoms with Crippen molar-refractivity contribution in [3.05, 3.63) is 59.7 Å². The molecule has 1 aliphatic carbocycles. The highest BCUT2D eigenvalue weighted by Crippen LogP contribution is 2.55. The summed E-state index contributed by atoms with van der Waals surface area (Å²) in [6, 6.07) is 16.3. The molecule has 0 aliphatic heterocycles. The summed E-state index contributed by atoms with van der Waals surface area (Å²) in [4.78, 5) is 0. The Morgan fingerprint density at radius 2 is 1.17 bits per heavy atom. The van der Waals surface area contributed by atoms with Crippen molar-refractivity contribution in [1.29, 1.82) is 0 Å². The predicted molar refractivity (Wildman–Crippen MR) is 74.3 cm³/mol. The van der Waals surface area contributed by atoms with Gasteiger partial charge in [-0.25, -0.2) is 0 Å². The summed E-state index contributed by atoms with van der Waals surface area (Å²) in [6.45, 7) is 6.27. The number of fused-ring (bicyclic) bond motifs is 3. The maximum absolute atomic E-state index is 11.3. The van der Waals surface area contributed by atoms with Crippen LogP contribution in [0.2, 0.25) is 0 Å². The first-order valence-corrected chi connectivity index (χ1v) is 6.38. The summed E-state index contributed by atoms with van der Waals surface area (Å²) in [7, 11) is 0. The van der Waals surface area contributed by atoms with Crippen LogP contribution in [-0.2, 0) is 5.60 Å². The number of aliphatic hydroxyl groups is 1. The lowest BCUT2D eigenvalue weighted by atomic mass is 9.71. The molecule has 0 heterocycles. The number of hydrogen-bond donors (Lipinski definition) is 1. The van der Waals surface area contributed by atoms with Gasteiger partial charge in [0.25, 0.3) is 0 Å². The number of rotatable bonds is 0. The van der Waals surface area contributed by atoms with Crippen LogP contribution in [-0.4, -0.2) is 5.11 Å². The maximum Gasteiger partial charge on any atom is 0.121 e. The van der Waals surface area contributed by atoms with Crippen molar-refractivity contribution in [2.75, 3.05) is 0 Å². The lowest BCUT2D eigenvalue weighted by Gasteiger charge is -2.39. The van der Waals surface area contributed by atoms with Gasteiger partial charge in [-0.2, -0.15) is 0 Å². The van der Waals surface area contributed by atoms with Crippen LogP contribution in [0.15, 0.2) is 48.5 Å². The second-order valence-corrected chi connectivity index (χ2v) is 6.05. The van der Waals surface area contributed by atoms with Crippen molar-refractivity contribution in [3.8, 4) is 11.1 Å². The Morgan fingerprint density at radius 3 is 1.56 bits per heavy atom. The summed E-state index contributed by atoms with van der Waals surface area (Å²) >= 11 is 0. The molecule has 0 fully saturated rings. The average molecular weight is 238 g/mol. The smallest absolute Gasteiger partial charge is 0.121 e. The van der Waals surface area contributed by atoms with Crippen LogP contribution in [0, 0.1) is 5.41 Å².